The Balaban J connectivity index is 1.86. The molecule has 0 aliphatic carbocycles. The lowest BCUT2D eigenvalue weighted by atomic mass is 10.1. The van der Waals surface area contributed by atoms with Crippen molar-refractivity contribution in [1.82, 2.24) is 5.32 Å². The lowest BCUT2D eigenvalue weighted by Crippen LogP contribution is -2.19. The smallest absolute Gasteiger partial charge is 0.336 e. The van der Waals surface area contributed by atoms with Gasteiger partial charge in [-0.2, -0.15) is 0 Å². The summed E-state index contributed by atoms with van der Waals surface area (Å²) in [5, 5.41) is 14.8. The highest BCUT2D eigenvalue weighted by atomic mass is 35.5. The molecule has 0 saturated heterocycles. The average molecular weight is 364 g/mol. The normalized spacial score (nSPS) is 12.5. The van der Waals surface area contributed by atoms with Crippen molar-refractivity contribution in [3.05, 3.63) is 74.1 Å². The fourth-order valence-corrected chi connectivity index (χ4v) is 3.16. The Kier molecular flexibility index (Phi) is 4.81. The van der Waals surface area contributed by atoms with Gasteiger partial charge in [-0.15, -0.1) is 0 Å². The molecular weight excluding hydrogens is 349 g/mol. The summed E-state index contributed by atoms with van der Waals surface area (Å²) in [5.74, 6) is 0.0528. The SMILES string of the molecule is C[C@H](NCc1cc(=O)oc2cc(O)ccc12)c1ccc(Cl)cc1Cl. The Morgan fingerprint density at radius 2 is 1.96 bits per heavy atom. The lowest BCUT2D eigenvalue weighted by Gasteiger charge is -2.16. The maximum absolute atomic E-state index is 11.7. The number of phenolic OH excluding ortho intramolecular Hbond substituents is 1. The van der Waals surface area contributed by atoms with E-state index in [4.69, 9.17) is 27.6 Å². The van der Waals surface area contributed by atoms with Crippen LogP contribution < -0.4 is 10.9 Å². The van der Waals surface area contributed by atoms with Gasteiger partial charge in [0, 0.05) is 40.2 Å². The van der Waals surface area contributed by atoms with Crippen LogP contribution in [0.2, 0.25) is 10.0 Å². The molecule has 1 heterocycles. The van der Waals surface area contributed by atoms with E-state index in [0.29, 0.717) is 22.2 Å². The third-order valence-corrected chi connectivity index (χ3v) is 4.40. The van der Waals surface area contributed by atoms with Crippen molar-refractivity contribution in [1.29, 1.82) is 0 Å². The van der Waals surface area contributed by atoms with Gasteiger partial charge in [0.2, 0.25) is 0 Å². The number of nitrogens with one attached hydrogen (secondary N) is 1. The number of hydrogen-bond donors (Lipinski definition) is 2. The van der Waals surface area contributed by atoms with E-state index in [2.05, 4.69) is 5.32 Å². The first kappa shape index (κ1) is 16.8. The van der Waals surface area contributed by atoms with Crippen molar-refractivity contribution < 1.29 is 9.52 Å². The molecule has 0 fully saturated rings. The largest absolute Gasteiger partial charge is 0.508 e. The molecule has 0 aliphatic heterocycles. The molecule has 0 aliphatic rings. The highest BCUT2D eigenvalue weighted by molar-refractivity contribution is 6.35. The zero-order valence-corrected chi connectivity index (χ0v) is 14.4. The Labute approximate surface area is 148 Å². The van der Waals surface area contributed by atoms with Crippen LogP contribution in [0.1, 0.15) is 24.1 Å². The van der Waals surface area contributed by atoms with Crippen LogP contribution in [0.25, 0.3) is 11.0 Å². The van der Waals surface area contributed by atoms with E-state index in [0.717, 1.165) is 16.5 Å². The molecule has 0 radical (unpaired) electrons. The first-order valence-electron chi connectivity index (χ1n) is 7.38. The molecule has 0 spiro atoms. The summed E-state index contributed by atoms with van der Waals surface area (Å²) >= 11 is 12.1. The number of phenols is 1. The van der Waals surface area contributed by atoms with Gasteiger partial charge in [-0.05, 0) is 42.3 Å². The first-order valence-corrected chi connectivity index (χ1v) is 8.14. The van der Waals surface area contributed by atoms with Crippen LogP contribution in [0.3, 0.4) is 0 Å². The average Bonchev–Trinajstić information content (AvgIpc) is 2.51. The van der Waals surface area contributed by atoms with Crippen molar-refractivity contribution in [3.63, 3.8) is 0 Å². The van der Waals surface area contributed by atoms with E-state index >= 15 is 0 Å². The molecular formula is C18H15Cl2NO3. The maximum atomic E-state index is 11.7. The van der Waals surface area contributed by atoms with Crippen molar-refractivity contribution in [2.24, 2.45) is 0 Å². The van der Waals surface area contributed by atoms with Crippen molar-refractivity contribution in [2.75, 3.05) is 0 Å². The number of fused-ring (bicyclic) bond motifs is 1. The minimum Gasteiger partial charge on any atom is -0.508 e. The standard InChI is InChI=1S/C18H15Cl2NO3/c1-10(14-4-2-12(19)7-16(14)20)21-9-11-6-18(23)24-17-8-13(22)3-5-15(11)17/h2-8,10,21-22H,9H2,1H3/t10-/m0/s1. The Bertz CT molecular complexity index is 953. The molecule has 0 bridgehead atoms. The molecule has 1 atom stereocenters. The van der Waals surface area contributed by atoms with E-state index in [1.165, 1.54) is 12.1 Å². The summed E-state index contributed by atoms with van der Waals surface area (Å²) in [6.07, 6.45) is 0. The molecule has 0 unspecified atom stereocenters. The molecule has 4 nitrogen and oxygen atoms in total. The fourth-order valence-electron chi connectivity index (χ4n) is 2.59. The minimum atomic E-state index is -0.456. The van der Waals surface area contributed by atoms with Crippen LogP contribution in [0.5, 0.6) is 5.75 Å². The van der Waals surface area contributed by atoms with Gasteiger partial charge < -0.3 is 14.8 Å². The second-order valence-corrected chi connectivity index (χ2v) is 6.38. The van der Waals surface area contributed by atoms with Crippen molar-refractivity contribution >= 4 is 34.2 Å². The molecule has 0 saturated carbocycles. The number of halogens is 2. The van der Waals surface area contributed by atoms with Gasteiger partial charge in [-0.25, -0.2) is 4.79 Å². The second kappa shape index (κ2) is 6.85. The molecule has 0 amide bonds. The van der Waals surface area contributed by atoms with Crippen molar-refractivity contribution in [2.45, 2.75) is 19.5 Å². The topological polar surface area (TPSA) is 62.5 Å². The minimum absolute atomic E-state index is 0.0332. The molecule has 2 aromatic carbocycles. The molecule has 2 N–H and O–H groups in total. The van der Waals surface area contributed by atoms with Crippen molar-refractivity contribution in [3.8, 4) is 5.75 Å². The second-order valence-electron chi connectivity index (χ2n) is 5.54. The lowest BCUT2D eigenvalue weighted by molar-refractivity contribution is 0.473. The third kappa shape index (κ3) is 3.56. The summed E-state index contributed by atoms with van der Waals surface area (Å²) in [4.78, 5) is 11.7. The van der Waals surface area contributed by atoms with E-state index in [1.54, 1.807) is 24.3 Å². The maximum Gasteiger partial charge on any atom is 0.336 e. The van der Waals surface area contributed by atoms with E-state index in [9.17, 15) is 9.90 Å². The summed E-state index contributed by atoms with van der Waals surface area (Å²) in [6.45, 7) is 2.43. The quantitative estimate of drug-likeness (QED) is 0.661. The van der Waals surface area contributed by atoms with Gasteiger partial charge >= 0.3 is 5.63 Å². The molecule has 3 aromatic rings. The number of aromatic hydroxyl groups is 1. The van der Waals surface area contributed by atoms with Crippen LogP contribution in [-0.2, 0) is 6.54 Å². The first-order chi connectivity index (χ1) is 11.4. The summed E-state index contributed by atoms with van der Waals surface area (Å²) < 4.78 is 5.13. The van der Waals surface area contributed by atoms with Crippen LogP contribution in [0.15, 0.2) is 51.7 Å². The van der Waals surface area contributed by atoms with Gasteiger partial charge in [0.15, 0.2) is 0 Å². The molecule has 3 rings (SSSR count). The van der Waals surface area contributed by atoms with Crippen LogP contribution in [-0.4, -0.2) is 5.11 Å². The number of rotatable bonds is 4. The van der Waals surface area contributed by atoms with E-state index < -0.39 is 5.63 Å². The Hall–Kier alpha value is -2.01. The summed E-state index contributed by atoms with van der Waals surface area (Å²) in [6, 6.07) is 11.5. The third-order valence-electron chi connectivity index (χ3n) is 3.84. The van der Waals surface area contributed by atoms with Gasteiger partial charge in [0.1, 0.15) is 11.3 Å². The molecule has 6 heteroatoms. The summed E-state index contributed by atoms with van der Waals surface area (Å²) in [5.41, 5.74) is 1.61. The molecule has 1 aromatic heterocycles. The zero-order valence-electron chi connectivity index (χ0n) is 12.8. The molecule has 24 heavy (non-hydrogen) atoms. The Morgan fingerprint density at radius 1 is 1.17 bits per heavy atom. The van der Waals surface area contributed by atoms with Gasteiger partial charge in [-0.3, -0.25) is 0 Å². The molecule has 124 valence electrons. The van der Waals surface area contributed by atoms with Gasteiger partial charge in [0.25, 0.3) is 0 Å². The predicted octanol–water partition coefficient (Wildman–Crippen LogP) is 4.66. The van der Waals surface area contributed by atoms with Crippen LogP contribution >= 0.6 is 23.2 Å². The fraction of sp³-hybridized carbons (Fsp3) is 0.167. The van der Waals surface area contributed by atoms with Crippen LogP contribution in [0.4, 0.5) is 0 Å². The van der Waals surface area contributed by atoms with Gasteiger partial charge in [0.05, 0.1) is 0 Å². The van der Waals surface area contributed by atoms with E-state index in [1.807, 2.05) is 13.0 Å². The monoisotopic (exact) mass is 363 g/mol. The number of benzene rings is 2. The van der Waals surface area contributed by atoms with Crippen LogP contribution in [0, 0.1) is 0 Å². The van der Waals surface area contributed by atoms with Gasteiger partial charge in [-0.1, -0.05) is 29.3 Å². The highest BCUT2D eigenvalue weighted by Crippen LogP contribution is 2.27. The Morgan fingerprint density at radius 3 is 2.71 bits per heavy atom. The zero-order chi connectivity index (χ0) is 17.3. The highest BCUT2D eigenvalue weighted by Gasteiger charge is 2.12. The summed E-state index contributed by atoms with van der Waals surface area (Å²) in [7, 11) is 0. The van der Waals surface area contributed by atoms with E-state index in [-0.39, 0.29) is 11.8 Å². The number of hydrogen-bond acceptors (Lipinski definition) is 4. The predicted molar refractivity (Wildman–Crippen MR) is 95.9 cm³/mol.